The minimum Gasteiger partial charge on any atom is -0.462 e. The second-order valence-electron chi connectivity index (χ2n) is 6.00. The molecule has 0 unspecified atom stereocenters. The molecule has 0 fully saturated rings. The summed E-state index contributed by atoms with van der Waals surface area (Å²) in [6.45, 7) is 1.62. The summed E-state index contributed by atoms with van der Waals surface area (Å²) in [6.07, 6.45) is 0. The van der Waals surface area contributed by atoms with E-state index in [9.17, 15) is 14.4 Å². The van der Waals surface area contributed by atoms with Gasteiger partial charge in [0, 0.05) is 24.7 Å². The third-order valence-corrected chi connectivity index (χ3v) is 4.25. The number of hydrogen-bond donors (Lipinski definition) is 0. The van der Waals surface area contributed by atoms with Crippen molar-refractivity contribution in [2.45, 2.75) is 6.92 Å². The number of ether oxygens (including phenoxy) is 2. The third-order valence-electron chi connectivity index (χ3n) is 3.71. The fourth-order valence-electron chi connectivity index (χ4n) is 2.34. The lowest BCUT2D eigenvalue weighted by atomic mass is 10.1. The number of benzene rings is 2. The molecule has 1 amide bonds. The molecule has 0 N–H and O–H groups in total. The maximum absolute atomic E-state index is 12.8. The number of nitrogens with zero attached hydrogens (tertiary/aromatic N) is 1. The Hall–Kier alpha value is -2.83. The van der Waals surface area contributed by atoms with Crippen LogP contribution in [0.1, 0.15) is 22.8 Å². The molecule has 2 rings (SSSR count). The van der Waals surface area contributed by atoms with E-state index in [0.717, 1.165) is 0 Å². The number of rotatable bonds is 6. The molecule has 2 aromatic rings. The molecule has 0 atom stereocenters. The molecule has 8 heteroatoms. The fraction of sp³-hybridized carbons (Fsp3) is 0.190. The van der Waals surface area contributed by atoms with Gasteiger partial charge in [-0.1, -0.05) is 41.4 Å². The molecule has 0 aliphatic carbocycles. The molecule has 29 heavy (non-hydrogen) atoms. The number of amides is 1. The van der Waals surface area contributed by atoms with Crippen LogP contribution < -0.4 is 0 Å². The van der Waals surface area contributed by atoms with Crippen LogP contribution in [0.15, 0.2) is 54.1 Å². The topological polar surface area (TPSA) is 72.9 Å². The third kappa shape index (κ3) is 5.59. The summed E-state index contributed by atoms with van der Waals surface area (Å²) in [5.74, 6) is -2.71. The van der Waals surface area contributed by atoms with Crippen LogP contribution in [0.25, 0.3) is 5.76 Å². The maximum atomic E-state index is 12.8. The van der Waals surface area contributed by atoms with Crippen molar-refractivity contribution in [2.75, 3.05) is 20.7 Å². The summed E-state index contributed by atoms with van der Waals surface area (Å²) in [6, 6.07) is 12.5. The molecule has 0 saturated heterocycles. The molecule has 0 bridgehead atoms. The largest absolute Gasteiger partial charge is 0.462 e. The number of esters is 2. The minimum absolute atomic E-state index is 0.0251. The Kier molecular flexibility index (Phi) is 7.82. The van der Waals surface area contributed by atoms with Crippen LogP contribution in [0.2, 0.25) is 10.0 Å². The first-order chi connectivity index (χ1) is 13.8. The lowest BCUT2D eigenvalue weighted by Crippen LogP contribution is -2.30. The highest BCUT2D eigenvalue weighted by Gasteiger charge is 2.31. The SMILES string of the molecule is CCOC(=O)C(C(=O)N(C)C)=C(OC(=O)c1ccccc1)c1ccc(Cl)cc1Cl. The molecule has 0 heterocycles. The van der Waals surface area contributed by atoms with Gasteiger partial charge >= 0.3 is 11.9 Å². The first-order valence-corrected chi connectivity index (χ1v) is 9.37. The summed E-state index contributed by atoms with van der Waals surface area (Å²) in [5, 5.41) is 0.436. The predicted molar refractivity (Wildman–Crippen MR) is 111 cm³/mol. The predicted octanol–water partition coefficient (Wildman–Crippen LogP) is 4.21. The standard InChI is InChI=1S/C21H19Cl2NO5/c1-4-28-21(27)17(19(25)24(2)3)18(15-11-10-14(22)12-16(15)23)29-20(26)13-8-6-5-7-9-13/h5-12H,4H2,1-3H3. The van der Waals surface area contributed by atoms with Gasteiger partial charge in [0.1, 0.15) is 0 Å². The van der Waals surface area contributed by atoms with E-state index >= 15 is 0 Å². The van der Waals surface area contributed by atoms with Crippen molar-refractivity contribution in [2.24, 2.45) is 0 Å². The highest BCUT2D eigenvalue weighted by atomic mass is 35.5. The fourth-order valence-corrected chi connectivity index (χ4v) is 2.84. The average Bonchev–Trinajstić information content (AvgIpc) is 2.68. The Bertz CT molecular complexity index is 955. The van der Waals surface area contributed by atoms with Crippen LogP contribution in [0.5, 0.6) is 0 Å². The van der Waals surface area contributed by atoms with E-state index < -0.39 is 23.4 Å². The van der Waals surface area contributed by atoms with Crippen molar-refractivity contribution in [1.29, 1.82) is 0 Å². The number of halogens is 2. The summed E-state index contributed by atoms with van der Waals surface area (Å²) in [5.41, 5.74) is -0.0699. The van der Waals surface area contributed by atoms with Crippen LogP contribution in [-0.2, 0) is 19.1 Å². The number of hydrogen-bond acceptors (Lipinski definition) is 5. The molecule has 0 radical (unpaired) electrons. The monoisotopic (exact) mass is 435 g/mol. The zero-order chi connectivity index (χ0) is 21.6. The molecule has 2 aromatic carbocycles. The van der Waals surface area contributed by atoms with Gasteiger partial charge in [-0.2, -0.15) is 0 Å². The second kappa shape index (κ2) is 10.1. The lowest BCUT2D eigenvalue weighted by Gasteiger charge is -2.18. The highest BCUT2D eigenvalue weighted by Crippen LogP contribution is 2.31. The molecule has 0 aromatic heterocycles. The summed E-state index contributed by atoms with van der Waals surface area (Å²) < 4.78 is 10.5. The zero-order valence-corrected chi connectivity index (χ0v) is 17.6. The van der Waals surface area contributed by atoms with E-state index in [-0.39, 0.29) is 28.5 Å². The van der Waals surface area contributed by atoms with E-state index in [1.165, 1.54) is 37.2 Å². The number of carbonyl (C=O) groups is 3. The molecule has 0 aliphatic rings. The quantitative estimate of drug-likeness (QED) is 0.223. The number of carbonyl (C=O) groups excluding carboxylic acids is 3. The van der Waals surface area contributed by atoms with E-state index in [4.69, 9.17) is 32.7 Å². The van der Waals surface area contributed by atoms with Crippen LogP contribution in [-0.4, -0.2) is 43.4 Å². The van der Waals surface area contributed by atoms with Crippen molar-refractivity contribution in [3.63, 3.8) is 0 Å². The molecule has 152 valence electrons. The van der Waals surface area contributed by atoms with Gasteiger partial charge < -0.3 is 14.4 Å². The Labute approximate surface area is 178 Å². The van der Waals surface area contributed by atoms with Crippen LogP contribution in [0, 0.1) is 0 Å². The van der Waals surface area contributed by atoms with Gasteiger partial charge in [-0.3, -0.25) is 4.79 Å². The average molecular weight is 436 g/mol. The summed E-state index contributed by atoms with van der Waals surface area (Å²) in [4.78, 5) is 39.2. The van der Waals surface area contributed by atoms with Gasteiger partial charge in [0.15, 0.2) is 11.3 Å². The van der Waals surface area contributed by atoms with Crippen molar-refractivity contribution in [1.82, 2.24) is 4.90 Å². The smallest absolute Gasteiger partial charge is 0.347 e. The summed E-state index contributed by atoms with van der Waals surface area (Å²) in [7, 11) is 2.92. The molecular weight excluding hydrogens is 417 g/mol. The van der Waals surface area contributed by atoms with Gasteiger partial charge in [0.25, 0.3) is 5.91 Å². The van der Waals surface area contributed by atoms with Crippen molar-refractivity contribution < 1.29 is 23.9 Å². The van der Waals surface area contributed by atoms with Crippen LogP contribution in [0.4, 0.5) is 0 Å². The van der Waals surface area contributed by atoms with Gasteiger partial charge in [-0.15, -0.1) is 0 Å². The maximum Gasteiger partial charge on any atom is 0.347 e. The highest BCUT2D eigenvalue weighted by molar-refractivity contribution is 6.36. The normalized spacial score (nSPS) is 11.3. The van der Waals surface area contributed by atoms with Crippen molar-refractivity contribution >= 4 is 46.8 Å². The molecule has 0 aliphatic heterocycles. The number of likely N-dealkylation sites (N-methyl/N-ethyl adjacent to an activating group) is 1. The lowest BCUT2D eigenvalue weighted by molar-refractivity contribution is -0.141. The van der Waals surface area contributed by atoms with Crippen LogP contribution in [0.3, 0.4) is 0 Å². The van der Waals surface area contributed by atoms with E-state index in [2.05, 4.69) is 0 Å². The van der Waals surface area contributed by atoms with Crippen molar-refractivity contribution in [3.8, 4) is 0 Å². The zero-order valence-electron chi connectivity index (χ0n) is 16.1. The molecule has 0 spiro atoms. The second-order valence-corrected chi connectivity index (χ2v) is 6.85. The van der Waals surface area contributed by atoms with E-state index in [0.29, 0.717) is 5.02 Å². The van der Waals surface area contributed by atoms with Gasteiger partial charge in [0.2, 0.25) is 0 Å². The Balaban J connectivity index is 2.71. The Morgan fingerprint density at radius 3 is 2.21 bits per heavy atom. The minimum atomic E-state index is -0.937. The molecule has 0 saturated carbocycles. The van der Waals surface area contributed by atoms with Crippen molar-refractivity contribution in [3.05, 3.63) is 75.3 Å². The molecule has 6 nitrogen and oxygen atoms in total. The van der Waals surface area contributed by atoms with E-state index in [1.54, 1.807) is 37.3 Å². The first-order valence-electron chi connectivity index (χ1n) is 8.62. The Morgan fingerprint density at radius 2 is 1.66 bits per heavy atom. The first kappa shape index (κ1) is 22.5. The molecular formula is C21H19Cl2NO5. The van der Waals surface area contributed by atoms with E-state index in [1.807, 2.05) is 0 Å². The van der Waals surface area contributed by atoms with Gasteiger partial charge in [-0.25, -0.2) is 9.59 Å². The summed E-state index contributed by atoms with van der Waals surface area (Å²) >= 11 is 12.2. The Morgan fingerprint density at radius 1 is 1.00 bits per heavy atom. The van der Waals surface area contributed by atoms with Crippen LogP contribution >= 0.6 is 23.2 Å². The van der Waals surface area contributed by atoms with Gasteiger partial charge in [-0.05, 0) is 37.3 Å². The van der Waals surface area contributed by atoms with Gasteiger partial charge in [0.05, 0.1) is 17.2 Å².